The van der Waals surface area contributed by atoms with Crippen molar-refractivity contribution in [2.45, 2.75) is 12.3 Å². The van der Waals surface area contributed by atoms with Crippen LogP contribution < -0.4 is 10.5 Å². The quantitative estimate of drug-likeness (QED) is 0.670. The van der Waals surface area contributed by atoms with Crippen LogP contribution in [0.5, 0.6) is 0 Å². The summed E-state index contributed by atoms with van der Waals surface area (Å²) in [6.45, 7) is 0.253. The molecule has 1 heterocycles. The minimum Gasteiger partial charge on any atom is -0.347 e. The monoisotopic (exact) mass is 388 g/mol. The number of nitrogens with two attached hydrogens (primary N) is 1. The summed E-state index contributed by atoms with van der Waals surface area (Å²) in [5.41, 5.74) is 2.30. The average Bonchev–Trinajstić information content (AvgIpc) is 3.10. The van der Waals surface area contributed by atoms with E-state index in [1.807, 2.05) is 0 Å². The first-order valence-corrected chi connectivity index (χ1v) is 9.68. The van der Waals surface area contributed by atoms with Crippen molar-refractivity contribution in [2.75, 3.05) is 0 Å². The molecular formula is C18H17FN4O3S. The minimum absolute atomic E-state index is 0.240. The van der Waals surface area contributed by atoms with E-state index in [4.69, 9.17) is 5.14 Å². The standard InChI is InChI=1S/C18H17FN4O3S/c19-15-5-7-16(8-6-15)23-12-21-10-17(23)18(24)22-9-13-1-3-14(4-2-13)11-27(20,25)26/h1-8,10,12H,9,11H2,(H,22,24)(H2,20,25,26). The van der Waals surface area contributed by atoms with Crippen LogP contribution >= 0.6 is 0 Å². The largest absolute Gasteiger partial charge is 0.347 e. The molecule has 3 rings (SSSR count). The van der Waals surface area contributed by atoms with E-state index < -0.39 is 10.0 Å². The van der Waals surface area contributed by atoms with Crippen molar-refractivity contribution < 1.29 is 17.6 Å². The highest BCUT2D eigenvalue weighted by Crippen LogP contribution is 2.13. The van der Waals surface area contributed by atoms with Gasteiger partial charge in [-0.05, 0) is 35.4 Å². The molecule has 0 saturated carbocycles. The summed E-state index contributed by atoms with van der Waals surface area (Å²) >= 11 is 0. The summed E-state index contributed by atoms with van der Waals surface area (Å²) < 4.78 is 36.8. The molecule has 0 bridgehead atoms. The fourth-order valence-electron chi connectivity index (χ4n) is 2.53. The average molecular weight is 388 g/mol. The van der Waals surface area contributed by atoms with E-state index in [0.29, 0.717) is 16.9 Å². The number of amides is 1. The number of hydrogen-bond donors (Lipinski definition) is 2. The fourth-order valence-corrected chi connectivity index (χ4v) is 3.19. The van der Waals surface area contributed by atoms with E-state index in [-0.39, 0.29) is 24.0 Å². The molecule has 0 saturated heterocycles. The van der Waals surface area contributed by atoms with Gasteiger partial charge in [0.25, 0.3) is 5.91 Å². The number of halogens is 1. The maximum Gasteiger partial charge on any atom is 0.270 e. The lowest BCUT2D eigenvalue weighted by molar-refractivity contribution is 0.0944. The minimum atomic E-state index is -3.58. The molecule has 9 heteroatoms. The summed E-state index contributed by atoms with van der Waals surface area (Å²) in [7, 11) is -3.58. The topological polar surface area (TPSA) is 107 Å². The molecule has 27 heavy (non-hydrogen) atoms. The first-order valence-electron chi connectivity index (χ1n) is 7.96. The summed E-state index contributed by atoms with van der Waals surface area (Å²) in [6, 6.07) is 12.5. The summed E-state index contributed by atoms with van der Waals surface area (Å²) in [5.74, 6) is -0.947. The van der Waals surface area contributed by atoms with Crippen molar-refractivity contribution in [1.29, 1.82) is 0 Å². The summed E-state index contributed by atoms with van der Waals surface area (Å²) in [6.07, 6.45) is 2.90. The van der Waals surface area contributed by atoms with E-state index in [1.165, 1.54) is 24.7 Å². The van der Waals surface area contributed by atoms with Gasteiger partial charge in [0.2, 0.25) is 10.0 Å². The molecular weight excluding hydrogens is 371 g/mol. The Morgan fingerprint density at radius 3 is 2.33 bits per heavy atom. The highest BCUT2D eigenvalue weighted by Gasteiger charge is 2.13. The number of primary sulfonamides is 1. The zero-order chi connectivity index (χ0) is 19.4. The number of sulfonamides is 1. The maximum absolute atomic E-state index is 13.1. The van der Waals surface area contributed by atoms with Gasteiger partial charge in [0.15, 0.2) is 0 Å². The third-order valence-corrected chi connectivity index (χ3v) is 4.56. The molecule has 0 aliphatic rings. The van der Waals surface area contributed by atoms with Crippen molar-refractivity contribution in [3.05, 3.63) is 83.7 Å². The number of rotatable bonds is 6. The Morgan fingerprint density at radius 1 is 1.07 bits per heavy atom. The first kappa shape index (κ1) is 18.7. The second kappa shape index (κ2) is 7.68. The van der Waals surface area contributed by atoms with Crippen molar-refractivity contribution in [3.63, 3.8) is 0 Å². The Kier molecular flexibility index (Phi) is 5.33. The van der Waals surface area contributed by atoms with E-state index in [0.717, 1.165) is 5.56 Å². The van der Waals surface area contributed by atoms with E-state index >= 15 is 0 Å². The van der Waals surface area contributed by atoms with Gasteiger partial charge in [-0.2, -0.15) is 0 Å². The first-order chi connectivity index (χ1) is 12.8. The van der Waals surface area contributed by atoms with Crippen LogP contribution in [0.4, 0.5) is 4.39 Å². The third-order valence-electron chi connectivity index (χ3n) is 3.82. The summed E-state index contributed by atoms with van der Waals surface area (Å²) in [5, 5.41) is 7.79. The lowest BCUT2D eigenvalue weighted by Gasteiger charge is -2.09. The van der Waals surface area contributed by atoms with Gasteiger partial charge in [-0.15, -0.1) is 0 Å². The molecule has 0 radical (unpaired) electrons. The molecule has 3 aromatic rings. The molecule has 0 fully saturated rings. The second-order valence-electron chi connectivity index (χ2n) is 5.93. The van der Waals surface area contributed by atoms with Crippen molar-refractivity contribution in [2.24, 2.45) is 5.14 Å². The van der Waals surface area contributed by atoms with Crippen LogP contribution in [0.15, 0.2) is 61.1 Å². The number of carbonyl (C=O) groups excluding carboxylic acids is 1. The van der Waals surface area contributed by atoms with Crippen LogP contribution in [0.1, 0.15) is 21.6 Å². The summed E-state index contributed by atoms with van der Waals surface area (Å²) in [4.78, 5) is 16.4. The van der Waals surface area contributed by atoms with Crippen LogP contribution in [0.25, 0.3) is 5.69 Å². The number of imidazole rings is 1. The Morgan fingerprint density at radius 2 is 1.70 bits per heavy atom. The SMILES string of the molecule is NS(=O)(=O)Cc1ccc(CNC(=O)c2cncn2-c2ccc(F)cc2)cc1. The smallest absolute Gasteiger partial charge is 0.270 e. The predicted octanol–water partition coefficient (Wildman–Crippen LogP) is 1.73. The molecule has 0 aliphatic carbocycles. The van der Waals surface area contributed by atoms with Crippen molar-refractivity contribution in [1.82, 2.24) is 14.9 Å². The Balaban J connectivity index is 1.67. The van der Waals surface area contributed by atoms with Gasteiger partial charge in [-0.3, -0.25) is 9.36 Å². The number of aromatic nitrogens is 2. The normalized spacial score (nSPS) is 11.3. The van der Waals surface area contributed by atoms with E-state index in [1.54, 1.807) is 41.0 Å². The third kappa shape index (κ3) is 4.99. The van der Waals surface area contributed by atoms with Crippen LogP contribution in [-0.4, -0.2) is 23.9 Å². The zero-order valence-corrected chi connectivity index (χ0v) is 15.0. The molecule has 3 N–H and O–H groups in total. The van der Waals surface area contributed by atoms with Crippen molar-refractivity contribution >= 4 is 15.9 Å². The van der Waals surface area contributed by atoms with Gasteiger partial charge >= 0.3 is 0 Å². The number of benzene rings is 2. The zero-order valence-electron chi connectivity index (χ0n) is 14.2. The van der Waals surface area contributed by atoms with Gasteiger partial charge in [0.05, 0.1) is 18.3 Å². The molecule has 1 aromatic heterocycles. The molecule has 2 aromatic carbocycles. The number of hydrogen-bond acceptors (Lipinski definition) is 4. The number of nitrogens with zero attached hydrogens (tertiary/aromatic N) is 2. The molecule has 1 amide bonds. The fraction of sp³-hybridized carbons (Fsp3) is 0.111. The second-order valence-corrected chi connectivity index (χ2v) is 7.55. The Bertz CT molecular complexity index is 1040. The molecule has 140 valence electrons. The lowest BCUT2D eigenvalue weighted by atomic mass is 10.1. The number of nitrogens with one attached hydrogen (secondary N) is 1. The molecule has 0 unspecified atom stereocenters. The Labute approximate surface area is 155 Å². The van der Waals surface area contributed by atoms with Gasteiger partial charge in [-0.25, -0.2) is 22.9 Å². The van der Waals surface area contributed by atoms with Crippen LogP contribution in [0, 0.1) is 5.82 Å². The van der Waals surface area contributed by atoms with Gasteiger partial charge in [-0.1, -0.05) is 24.3 Å². The lowest BCUT2D eigenvalue weighted by Crippen LogP contribution is -2.25. The van der Waals surface area contributed by atoms with Crippen LogP contribution in [0.2, 0.25) is 0 Å². The maximum atomic E-state index is 13.1. The van der Waals surface area contributed by atoms with Gasteiger partial charge < -0.3 is 5.32 Å². The van der Waals surface area contributed by atoms with Crippen molar-refractivity contribution in [3.8, 4) is 5.69 Å². The van der Waals surface area contributed by atoms with Crippen LogP contribution in [-0.2, 0) is 22.3 Å². The predicted molar refractivity (Wildman–Crippen MR) is 97.9 cm³/mol. The molecule has 0 atom stereocenters. The molecule has 0 aliphatic heterocycles. The van der Waals surface area contributed by atoms with Crippen LogP contribution in [0.3, 0.4) is 0 Å². The molecule has 7 nitrogen and oxygen atoms in total. The molecule has 0 spiro atoms. The van der Waals surface area contributed by atoms with E-state index in [2.05, 4.69) is 10.3 Å². The van der Waals surface area contributed by atoms with Gasteiger partial charge in [0, 0.05) is 12.2 Å². The Hall–Kier alpha value is -3.04. The highest BCUT2D eigenvalue weighted by atomic mass is 32.2. The highest BCUT2D eigenvalue weighted by molar-refractivity contribution is 7.88. The van der Waals surface area contributed by atoms with E-state index in [9.17, 15) is 17.6 Å². The number of carbonyl (C=O) groups is 1. The van der Waals surface area contributed by atoms with Gasteiger partial charge in [0.1, 0.15) is 11.5 Å².